The molecule has 0 saturated heterocycles. The van der Waals surface area contributed by atoms with E-state index in [-0.39, 0.29) is 20.1 Å². The fourth-order valence-electron chi connectivity index (χ4n) is 5.04. The SMILES string of the molecule is CC(C)(C)Cc1ccnc(-c2[c-]cccc2)c1.Cc1cnc(-c2[c-]ccc(-c3ccccc3)c2)cc1Cc1ccccc1.[Ir]. The number of aryl methyl sites for hydroxylation is 1. The first-order chi connectivity index (χ1) is 20.8. The van der Waals surface area contributed by atoms with Crippen molar-refractivity contribution in [2.24, 2.45) is 5.41 Å². The molecule has 0 saturated carbocycles. The molecule has 0 atom stereocenters. The molecule has 2 aromatic heterocycles. The summed E-state index contributed by atoms with van der Waals surface area (Å²) in [5, 5.41) is 0. The molecule has 0 aliphatic rings. The van der Waals surface area contributed by atoms with Gasteiger partial charge >= 0.3 is 0 Å². The quantitative estimate of drug-likeness (QED) is 0.159. The van der Waals surface area contributed by atoms with Crippen LogP contribution in [0.4, 0.5) is 0 Å². The van der Waals surface area contributed by atoms with Crippen molar-refractivity contribution in [2.45, 2.75) is 40.5 Å². The maximum atomic E-state index is 4.65. The summed E-state index contributed by atoms with van der Waals surface area (Å²) in [7, 11) is 0. The van der Waals surface area contributed by atoms with E-state index in [9.17, 15) is 0 Å². The summed E-state index contributed by atoms with van der Waals surface area (Å²) in [4.78, 5) is 9.06. The van der Waals surface area contributed by atoms with Gasteiger partial charge in [-0.05, 0) is 64.9 Å². The van der Waals surface area contributed by atoms with Crippen molar-refractivity contribution in [2.75, 3.05) is 0 Å². The monoisotopic (exact) mass is 751 g/mol. The Kier molecular flexibility index (Phi) is 11.5. The van der Waals surface area contributed by atoms with Crippen molar-refractivity contribution in [1.29, 1.82) is 0 Å². The third-order valence-corrected chi connectivity index (χ3v) is 7.18. The molecular formula is C41H38IrN2-2. The number of rotatable bonds is 6. The predicted octanol–water partition coefficient (Wildman–Crippen LogP) is 10.2. The van der Waals surface area contributed by atoms with Crippen molar-refractivity contribution in [3.05, 3.63) is 168 Å². The Balaban J connectivity index is 0.000000214. The number of hydrogen-bond acceptors (Lipinski definition) is 2. The van der Waals surface area contributed by atoms with E-state index >= 15 is 0 Å². The van der Waals surface area contributed by atoms with Crippen LogP contribution in [0.15, 0.2) is 134 Å². The maximum absolute atomic E-state index is 4.65. The van der Waals surface area contributed by atoms with Gasteiger partial charge in [-0.3, -0.25) is 0 Å². The van der Waals surface area contributed by atoms with Crippen LogP contribution in [0.2, 0.25) is 0 Å². The van der Waals surface area contributed by atoms with E-state index in [2.05, 4.69) is 135 Å². The predicted molar refractivity (Wildman–Crippen MR) is 180 cm³/mol. The molecule has 0 bridgehead atoms. The summed E-state index contributed by atoms with van der Waals surface area (Å²) in [6, 6.07) is 48.2. The summed E-state index contributed by atoms with van der Waals surface area (Å²) in [6.45, 7) is 8.88. The van der Waals surface area contributed by atoms with E-state index in [4.69, 9.17) is 0 Å². The summed E-state index contributed by atoms with van der Waals surface area (Å²) >= 11 is 0. The minimum atomic E-state index is 0. The zero-order valence-corrected chi connectivity index (χ0v) is 28.2. The zero-order valence-electron chi connectivity index (χ0n) is 25.8. The van der Waals surface area contributed by atoms with E-state index in [1.54, 1.807) is 0 Å². The van der Waals surface area contributed by atoms with Crippen molar-refractivity contribution >= 4 is 0 Å². The van der Waals surface area contributed by atoms with Crippen LogP contribution in [-0.4, -0.2) is 9.97 Å². The third kappa shape index (κ3) is 9.41. The molecule has 0 unspecified atom stereocenters. The van der Waals surface area contributed by atoms with Gasteiger partial charge in [0, 0.05) is 32.5 Å². The van der Waals surface area contributed by atoms with Gasteiger partial charge in [0.05, 0.1) is 0 Å². The zero-order chi connectivity index (χ0) is 30.1. The molecule has 0 N–H and O–H groups in total. The van der Waals surface area contributed by atoms with Crippen molar-refractivity contribution in [1.82, 2.24) is 9.97 Å². The molecule has 4 aromatic carbocycles. The van der Waals surface area contributed by atoms with Gasteiger partial charge in [-0.1, -0.05) is 99.1 Å². The summed E-state index contributed by atoms with van der Waals surface area (Å²) in [5.74, 6) is 0. The second-order valence-electron chi connectivity index (χ2n) is 12.1. The van der Waals surface area contributed by atoms with Crippen molar-refractivity contribution < 1.29 is 20.1 Å². The van der Waals surface area contributed by atoms with E-state index in [0.717, 1.165) is 35.4 Å². The molecule has 223 valence electrons. The van der Waals surface area contributed by atoms with E-state index in [0.29, 0.717) is 5.41 Å². The fourth-order valence-corrected chi connectivity index (χ4v) is 5.04. The number of aromatic nitrogens is 2. The van der Waals surface area contributed by atoms with Gasteiger partial charge in [0.15, 0.2) is 0 Å². The van der Waals surface area contributed by atoms with E-state index < -0.39 is 0 Å². The average molecular weight is 751 g/mol. The van der Waals surface area contributed by atoms with E-state index in [1.165, 1.54) is 33.4 Å². The van der Waals surface area contributed by atoms with Gasteiger partial charge in [0.2, 0.25) is 0 Å². The normalized spacial score (nSPS) is 10.7. The molecule has 2 nitrogen and oxygen atoms in total. The van der Waals surface area contributed by atoms with Gasteiger partial charge in [-0.25, -0.2) is 0 Å². The Bertz CT molecular complexity index is 1740. The smallest absolute Gasteiger partial charge is 0.0192 e. The van der Waals surface area contributed by atoms with Crippen molar-refractivity contribution in [3.8, 4) is 33.6 Å². The van der Waals surface area contributed by atoms with Gasteiger partial charge in [-0.2, -0.15) is 0 Å². The van der Waals surface area contributed by atoms with Crippen LogP contribution in [0.1, 0.15) is 43.0 Å². The first-order valence-electron chi connectivity index (χ1n) is 14.8. The summed E-state index contributed by atoms with van der Waals surface area (Å²) < 4.78 is 0. The number of benzene rings is 4. The minimum absolute atomic E-state index is 0. The molecule has 1 radical (unpaired) electrons. The van der Waals surface area contributed by atoms with Crippen LogP contribution in [0.3, 0.4) is 0 Å². The van der Waals surface area contributed by atoms with Crippen LogP contribution in [0.5, 0.6) is 0 Å². The number of nitrogens with zero attached hydrogens (tertiary/aromatic N) is 2. The Hall–Kier alpha value is -4.17. The van der Waals surface area contributed by atoms with Crippen molar-refractivity contribution in [3.63, 3.8) is 0 Å². The molecule has 2 heterocycles. The average Bonchev–Trinajstić information content (AvgIpc) is 3.03. The second kappa shape index (κ2) is 15.5. The molecule has 44 heavy (non-hydrogen) atoms. The molecule has 0 amide bonds. The fraction of sp³-hybridized carbons (Fsp3) is 0.171. The Morgan fingerprint density at radius 2 is 1.30 bits per heavy atom. The molecule has 0 aliphatic heterocycles. The third-order valence-electron chi connectivity index (χ3n) is 7.18. The molecule has 0 spiro atoms. The largest absolute Gasteiger partial charge is 0.305 e. The first kappa shape index (κ1) is 32.7. The molecule has 6 rings (SSSR count). The van der Waals surface area contributed by atoms with Crippen LogP contribution in [0, 0.1) is 24.5 Å². The first-order valence-corrected chi connectivity index (χ1v) is 14.8. The Morgan fingerprint density at radius 1 is 0.614 bits per heavy atom. The van der Waals surface area contributed by atoms with Gasteiger partial charge < -0.3 is 9.97 Å². The maximum Gasteiger partial charge on any atom is 0.0192 e. The van der Waals surface area contributed by atoms with Gasteiger partial charge in [0.1, 0.15) is 0 Å². The molecule has 0 aliphatic carbocycles. The van der Waals surface area contributed by atoms with Crippen LogP contribution < -0.4 is 0 Å². The molecule has 6 aromatic rings. The topological polar surface area (TPSA) is 25.8 Å². The molecule has 0 fully saturated rings. The van der Waals surface area contributed by atoms with Gasteiger partial charge in [-0.15, -0.1) is 71.3 Å². The Morgan fingerprint density at radius 3 is 2.00 bits per heavy atom. The molecule has 3 heteroatoms. The summed E-state index contributed by atoms with van der Waals surface area (Å²) in [6.07, 6.45) is 5.84. The standard InChI is InChI=1S/C25H20N.C16H18N.Ir/c1-19-18-26-25(17-24(19)15-20-9-4-2-5-10-20)23-14-8-13-22(16-23)21-11-6-3-7-12-21;1-16(2,3)12-13-9-10-17-15(11-13)14-7-5-4-6-8-14;/h2-13,16-18H,15H2,1H3;4-7,9-11H,12H2,1-3H3;/q2*-1;. The Labute approximate surface area is 276 Å². The number of hydrogen-bond donors (Lipinski definition) is 0. The number of pyridine rings is 2. The second-order valence-corrected chi connectivity index (χ2v) is 12.1. The molecular weight excluding hydrogens is 713 g/mol. The minimum Gasteiger partial charge on any atom is -0.305 e. The van der Waals surface area contributed by atoms with Crippen LogP contribution in [-0.2, 0) is 32.9 Å². The van der Waals surface area contributed by atoms with E-state index in [1.807, 2.05) is 48.8 Å². The van der Waals surface area contributed by atoms with Crippen LogP contribution in [0.25, 0.3) is 33.6 Å². The van der Waals surface area contributed by atoms with Crippen LogP contribution >= 0.6 is 0 Å². The van der Waals surface area contributed by atoms with Gasteiger partial charge in [0.25, 0.3) is 0 Å². The summed E-state index contributed by atoms with van der Waals surface area (Å²) in [5.41, 5.74) is 11.9.